The highest BCUT2D eigenvalue weighted by molar-refractivity contribution is 8.00. The molecule has 1 aromatic heterocycles. The number of carbonyl (C=O) groups is 1. The number of carbonyl (C=O) groups excluding carboxylic acids is 1. The summed E-state index contributed by atoms with van der Waals surface area (Å²) in [6, 6.07) is 6.04. The van der Waals surface area contributed by atoms with Crippen molar-refractivity contribution in [2.24, 2.45) is 0 Å². The second-order valence-electron chi connectivity index (χ2n) is 5.87. The van der Waals surface area contributed by atoms with E-state index in [1.807, 2.05) is 11.8 Å². The molecule has 0 bridgehead atoms. The zero-order chi connectivity index (χ0) is 17.8. The maximum Gasteiger partial charge on any atom is 0.235 e. The van der Waals surface area contributed by atoms with Crippen molar-refractivity contribution in [2.75, 3.05) is 32.7 Å². The molecule has 25 heavy (non-hydrogen) atoms. The fourth-order valence-corrected chi connectivity index (χ4v) is 3.66. The van der Waals surface area contributed by atoms with E-state index in [4.69, 9.17) is 0 Å². The van der Waals surface area contributed by atoms with E-state index in [2.05, 4.69) is 27.3 Å². The first-order valence-corrected chi connectivity index (χ1v) is 9.18. The summed E-state index contributed by atoms with van der Waals surface area (Å²) in [6.07, 6.45) is 0. The number of rotatable bonds is 5. The van der Waals surface area contributed by atoms with Crippen LogP contribution in [-0.2, 0) is 4.79 Å². The molecule has 1 aliphatic rings. The Hall–Kier alpha value is -2.00. The Morgan fingerprint density at radius 1 is 1.32 bits per heavy atom. The van der Waals surface area contributed by atoms with Crippen LogP contribution in [0.4, 0.5) is 4.39 Å². The molecule has 0 saturated carbocycles. The Bertz CT molecular complexity index is 731. The monoisotopic (exact) mass is 364 g/mol. The van der Waals surface area contributed by atoms with Gasteiger partial charge in [0.15, 0.2) is 0 Å². The number of amides is 1. The van der Waals surface area contributed by atoms with Crippen LogP contribution in [-0.4, -0.2) is 73.9 Å². The molecule has 3 rings (SSSR count). The molecule has 134 valence electrons. The summed E-state index contributed by atoms with van der Waals surface area (Å²) in [7, 11) is 0. The number of halogens is 1. The van der Waals surface area contributed by atoms with Crippen molar-refractivity contribution < 1.29 is 9.18 Å². The number of piperazine rings is 1. The summed E-state index contributed by atoms with van der Waals surface area (Å²) >= 11 is 1.29. The van der Waals surface area contributed by atoms with E-state index in [0.717, 1.165) is 32.7 Å². The van der Waals surface area contributed by atoms with Crippen LogP contribution in [0.25, 0.3) is 5.69 Å². The van der Waals surface area contributed by atoms with Crippen LogP contribution < -0.4 is 0 Å². The van der Waals surface area contributed by atoms with Crippen LogP contribution in [0.15, 0.2) is 29.4 Å². The van der Waals surface area contributed by atoms with Crippen molar-refractivity contribution in [3.63, 3.8) is 0 Å². The van der Waals surface area contributed by atoms with Crippen LogP contribution >= 0.6 is 11.8 Å². The normalized spacial score (nSPS) is 16.8. The van der Waals surface area contributed by atoms with E-state index in [-0.39, 0.29) is 17.0 Å². The van der Waals surface area contributed by atoms with Gasteiger partial charge in [-0.1, -0.05) is 24.8 Å². The van der Waals surface area contributed by atoms with Gasteiger partial charge in [0, 0.05) is 26.2 Å². The number of hydrogen-bond donors (Lipinski definition) is 0. The van der Waals surface area contributed by atoms with E-state index in [1.165, 1.54) is 28.6 Å². The number of tetrazole rings is 1. The maximum atomic E-state index is 13.4. The lowest BCUT2D eigenvalue weighted by Gasteiger charge is -2.35. The van der Waals surface area contributed by atoms with E-state index < -0.39 is 0 Å². The minimum atomic E-state index is -0.359. The fraction of sp³-hybridized carbons (Fsp3) is 0.500. The van der Waals surface area contributed by atoms with Crippen molar-refractivity contribution in [3.05, 3.63) is 30.1 Å². The fourth-order valence-electron chi connectivity index (χ4n) is 2.77. The summed E-state index contributed by atoms with van der Waals surface area (Å²) < 4.78 is 14.9. The van der Waals surface area contributed by atoms with Crippen LogP contribution in [0, 0.1) is 5.82 Å². The summed E-state index contributed by atoms with van der Waals surface area (Å²) in [5.41, 5.74) is 0.531. The third kappa shape index (κ3) is 4.16. The van der Waals surface area contributed by atoms with Gasteiger partial charge in [0.1, 0.15) is 5.82 Å². The molecule has 0 N–H and O–H groups in total. The number of benzene rings is 1. The summed E-state index contributed by atoms with van der Waals surface area (Å²) in [5.74, 6) is -0.281. The molecule has 1 aliphatic heterocycles. The molecule has 0 spiro atoms. The van der Waals surface area contributed by atoms with Gasteiger partial charge in [-0.2, -0.15) is 4.68 Å². The zero-order valence-corrected chi connectivity index (χ0v) is 15.1. The van der Waals surface area contributed by atoms with E-state index >= 15 is 0 Å². The molecule has 1 fully saturated rings. The lowest BCUT2D eigenvalue weighted by molar-refractivity contribution is -0.132. The van der Waals surface area contributed by atoms with Crippen molar-refractivity contribution in [2.45, 2.75) is 24.3 Å². The highest BCUT2D eigenvalue weighted by Gasteiger charge is 2.26. The van der Waals surface area contributed by atoms with Gasteiger partial charge < -0.3 is 9.80 Å². The predicted octanol–water partition coefficient (Wildman–Crippen LogP) is 1.45. The van der Waals surface area contributed by atoms with Crippen LogP contribution in [0.3, 0.4) is 0 Å². The SMILES string of the molecule is CCN1CCN(C(=O)[C@H](C)Sc2nnnn2-c2cccc(F)c2)CC1. The van der Waals surface area contributed by atoms with Crippen LogP contribution in [0.5, 0.6) is 0 Å². The Balaban J connectivity index is 1.67. The molecule has 1 amide bonds. The van der Waals surface area contributed by atoms with Crippen molar-refractivity contribution >= 4 is 17.7 Å². The van der Waals surface area contributed by atoms with Crippen LogP contribution in [0.2, 0.25) is 0 Å². The van der Waals surface area contributed by atoms with E-state index in [0.29, 0.717) is 10.8 Å². The number of aromatic nitrogens is 4. The molecule has 2 aromatic rings. The number of hydrogen-bond acceptors (Lipinski definition) is 6. The molecule has 2 heterocycles. The van der Waals surface area contributed by atoms with Crippen LogP contribution in [0.1, 0.15) is 13.8 Å². The summed E-state index contributed by atoms with van der Waals surface area (Å²) in [5, 5.41) is 11.7. The Kier molecular flexibility index (Phi) is 5.64. The van der Waals surface area contributed by atoms with Gasteiger partial charge in [-0.25, -0.2) is 4.39 Å². The predicted molar refractivity (Wildman–Crippen MR) is 93.1 cm³/mol. The number of thioether (sulfide) groups is 1. The minimum Gasteiger partial charge on any atom is -0.339 e. The first-order valence-electron chi connectivity index (χ1n) is 8.30. The third-order valence-corrected chi connectivity index (χ3v) is 5.28. The zero-order valence-electron chi connectivity index (χ0n) is 14.3. The largest absolute Gasteiger partial charge is 0.339 e. The second-order valence-corrected chi connectivity index (χ2v) is 7.18. The van der Waals surface area contributed by atoms with Crippen molar-refractivity contribution in [3.8, 4) is 5.69 Å². The van der Waals surface area contributed by atoms with Gasteiger partial charge in [-0.05, 0) is 42.1 Å². The van der Waals surface area contributed by atoms with Gasteiger partial charge in [0.05, 0.1) is 10.9 Å². The van der Waals surface area contributed by atoms with Gasteiger partial charge in [0.2, 0.25) is 11.1 Å². The molecule has 1 atom stereocenters. The van der Waals surface area contributed by atoms with Gasteiger partial charge in [0.25, 0.3) is 0 Å². The highest BCUT2D eigenvalue weighted by Crippen LogP contribution is 2.24. The molecule has 0 unspecified atom stereocenters. The first-order chi connectivity index (χ1) is 12.1. The topological polar surface area (TPSA) is 67.2 Å². The van der Waals surface area contributed by atoms with E-state index in [1.54, 1.807) is 12.1 Å². The van der Waals surface area contributed by atoms with Gasteiger partial charge >= 0.3 is 0 Å². The number of nitrogens with zero attached hydrogens (tertiary/aromatic N) is 6. The molecule has 0 radical (unpaired) electrons. The molecule has 1 saturated heterocycles. The highest BCUT2D eigenvalue weighted by atomic mass is 32.2. The van der Waals surface area contributed by atoms with Crippen molar-refractivity contribution in [1.29, 1.82) is 0 Å². The Morgan fingerprint density at radius 3 is 2.76 bits per heavy atom. The van der Waals surface area contributed by atoms with E-state index in [9.17, 15) is 9.18 Å². The summed E-state index contributed by atoms with van der Waals surface area (Å²) in [4.78, 5) is 16.9. The Labute approximate surface area is 150 Å². The lowest BCUT2D eigenvalue weighted by atomic mass is 10.3. The summed E-state index contributed by atoms with van der Waals surface area (Å²) in [6.45, 7) is 8.28. The van der Waals surface area contributed by atoms with Gasteiger partial charge in [-0.3, -0.25) is 4.79 Å². The molecular formula is C16H21FN6OS. The minimum absolute atomic E-state index is 0.0783. The standard InChI is InChI=1S/C16H21FN6OS/c1-3-21-7-9-22(10-8-21)15(24)12(2)25-16-18-19-20-23(16)14-6-4-5-13(17)11-14/h4-6,11-12H,3,7-10H2,1-2H3/t12-/m0/s1. The molecular weight excluding hydrogens is 343 g/mol. The average molecular weight is 364 g/mol. The molecule has 9 heteroatoms. The second kappa shape index (κ2) is 7.92. The molecule has 0 aliphatic carbocycles. The smallest absolute Gasteiger partial charge is 0.235 e. The van der Waals surface area contributed by atoms with Gasteiger partial charge in [-0.15, -0.1) is 5.10 Å². The lowest BCUT2D eigenvalue weighted by Crippen LogP contribution is -2.50. The van der Waals surface area contributed by atoms with Crippen molar-refractivity contribution in [1.82, 2.24) is 30.0 Å². The quantitative estimate of drug-likeness (QED) is 0.748. The number of likely N-dealkylation sites (N-methyl/N-ethyl adjacent to an activating group) is 1. The average Bonchev–Trinajstić information content (AvgIpc) is 3.09. The molecule has 1 aromatic carbocycles. The Morgan fingerprint density at radius 2 is 2.08 bits per heavy atom. The molecule has 7 nitrogen and oxygen atoms in total. The third-order valence-electron chi connectivity index (χ3n) is 4.25. The first kappa shape index (κ1) is 17.8. The maximum absolute atomic E-state index is 13.4.